The minimum atomic E-state index is -0.278. The predicted octanol–water partition coefficient (Wildman–Crippen LogP) is 1.82. The highest BCUT2D eigenvalue weighted by atomic mass is 16.3. The highest BCUT2D eigenvalue weighted by Gasteiger charge is 2.28. The smallest absolute Gasteiger partial charge is 0.0622 e. The van der Waals surface area contributed by atoms with Gasteiger partial charge in [-0.2, -0.15) is 5.26 Å². The first-order valence-corrected chi connectivity index (χ1v) is 5.16. The molecule has 0 amide bonds. The van der Waals surface area contributed by atoms with E-state index in [1.807, 2.05) is 13.8 Å². The summed E-state index contributed by atoms with van der Waals surface area (Å²) in [4.78, 5) is 0. The summed E-state index contributed by atoms with van der Waals surface area (Å²) in [6, 6.07) is 2.16. The Kier molecular flexibility index (Phi) is 5.11. The van der Waals surface area contributed by atoms with Crippen LogP contribution in [0.5, 0.6) is 0 Å². The van der Waals surface area contributed by atoms with Crippen molar-refractivity contribution < 1.29 is 5.11 Å². The molecule has 3 heteroatoms. The molecule has 0 rings (SSSR count). The van der Waals surface area contributed by atoms with Crippen molar-refractivity contribution >= 4 is 0 Å². The first kappa shape index (κ1) is 13.4. The number of hydrogen-bond donors (Lipinski definition) is 2. The molecule has 0 saturated carbocycles. The summed E-state index contributed by atoms with van der Waals surface area (Å²) in [5.74, 6) is 0. The summed E-state index contributed by atoms with van der Waals surface area (Å²) < 4.78 is 0. The zero-order valence-electron chi connectivity index (χ0n) is 9.72. The van der Waals surface area contributed by atoms with E-state index in [1.54, 1.807) is 0 Å². The van der Waals surface area contributed by atoms with E-state index in [0.29, 0.717) is 6.42 Å². The molecule has 1 atom stereocenters. The van der Waals surface area contributed by atoms with Gasteiger partial charge in [0.15, 0.2) is 0 Å². The number of aliphatic hydroxyl groups is 1. The van der Waals surface area contributed by atoms with Gasteiger partial charge in [-0.1, -0.05) is 6.92 Å². The van der Waals surface area contributed by atoms with Crippen molar-refractivity contribution in [3.63, 3.8) is 0 Å². The summed E-state index contributed by atoms with van der Waals surface area (Å²) in [6.07, 6.45) is 2.33. The van der Waals surface area contributed by atoms with E-state index in [9.17, 15) is 0 Å². The molecule has 14 heavy (non-hydrogen) atoms. The van der Waals surface area contributed by atoms with Gasteiger partial charge in [0, 0.05) is 17.5 Å². The van der Waals surface area contributed by atoms with Crippen LogP contribution in [0.1, 0.15) is 47.0 Å². The van der Waals surface area contributed by atoms with Crippen LogP contribution in [-0.2, 0) is 0 Å². The lowest BCUT2D eigenvalue weighted by Crippen LogP contribution is -2.55. The third kappa shape index (κ3) is 4.59. The van der Waals surface area contributed by atoms with E-state index in [2.05, 4.69) is 25.2 Å². The maximum absolute atomic E-state index is 9.15. The van der Waals surface area contributed by atoms with E-state index >= 15 is 0 Å². The SMILES string of the molecule is CCC(C)(CCC#N)NC(C)(C)CO. The molecule has 3 nitrogen and oxygen atoms in total. The molecule has 0 aliphatic carbocycles. The number of hydrogen-bond acceptors (Lipinski definition) is 3. The minimum Gasteiger partial charge on any atom is -0.394 e. The normalized spacial score (nSPS) is 16.0. The van der Waals surface area contributed by atoms with Crippen LogP contribution in [0.15, 0.2) is 0 Å². The Bertz CT molecular complexity index is 208. The van der Waals surface area contributed by atoms with Crippen molar-refractivity contribution in [3.8, 4) is 6.07 Å². The lowest BCUT2D eigenvalue weighted by molar-refractivity contribution is 0.141. The van der Waals surface area contributed by atoms with Crippen LogP contribution in [0.25, 0.3) is 0 Å². The Hall–Kier alpha value is -0.590. The molecule has 0 fully saturated rings. The largest absolute Gasteiger partial charge is 0.394 e. The van der Waals surface area contributed by atoms with Crippen LogP contribution in [-0.4, -0.2) is 22.8 Å². The summed E-state index contributed by atoms with van der Waals surface area (Å²) in [6.45, 7) is 8.23. The Labute approximate surface area is 87.1 Å². The van der Waals surface area contributed by atoms with Gasteiger partial charge in [-0.15, -0.1) is 0 Å². The van der Waals surface area contributed by atoms with Crippen molar-refractivity contribution in [2.24, 2.45) is 0 Å². The summed E-state index contributed by atoms with van der Waals surface area (Å²) in [5.41, 5.74) is -0.331. The Morgan fingerprint density at radius 2 is 1.93 bits per heavy atom. The van der Waals surface area contributed by atoms with Crippen LogP contribution >= 0.6 is 0 Å². The molecule has 0 aromatic carbocycles. The van der Waals surface area contributed by atoms with Gasteiger partial charge in [-0.25, -0.2) is 0 Å². The van der Waals surface area contributed by atoms with Crippen molar-refractivity contribution in [2.75, 3.05) is 6.61 Å². The first-order valence-electron chi connectivity index (χ1n) is 5.16. The monoisotopic (exact) mass is 198 g/mol. The van der Waals surface area contributed by atoms with Crippen molar-refractivity contribution in [3.05, 3.63) is 0 Å². The molecule has 0 aliphatic rings. The van der Waals surface area contributed by atoms with E-state index in [1.165, 1.54) is 0 Å². The molecule has 2 N–H and O–H groups in total. The molecule has 0 aromatic heterocycles. The molecule has 0 aliphatic heterocycles. The standard InChI is InChI=1S/C11H22N2O/c1-5-11(4,7-6-8-12)13-10(2,3)9-14/h13-14H,5-7,9H2,1-4H3. The topological polar surface area (TPSA) is 56.0 Å². The van der Waals surface area contributed by atoms with Gasteiger partial charge in [0.05, 0.1) is 12.7 Å². The molecule has 0 spiro atoms. The molecule has 0 saturated heterocycles. The fourth-order valence-electron chi connectivity index (χ4n) is 1.52. The highest BCUT2D eigenvalue weighted by Crippen LogP contribution is 2.20. The number of aliphatic hydroxyl groups excluding tert-OH is 1. The molecular formula is C11H22N2O. The molecule has 0 heterocycles. The summed E-state index contributed by atoms with van der Waals surface area (Å²) >= 11 is 0. The van der Waals surface area contributed by atoms with E-state index < -0.39 is 0 Å². The zero-order chi connectivity index (χ0) is 11.2. The van der Waals surface area contributed by atoms with Crippen LogP contribution < -0.4 is 5.32 Å². The number of nitrogens with one attached hydrogen (secondary N) is 1. The van der Waals surface area contributed by atoms with E-state index in [0.717, 1.165) is 12.8 Å². The average Bonchev–Trinajstić information content (AvgIpc) is 2.14. The summed E-state index contributed by atoms with van der Waals surface area (Å²) in [5, 5.41) is 21.1. The fraction of sp³-hybridized carbons (Fsp3) is 0.909. The van der Waals surface area contributed by atoms with E-state index in [-0.39, 0.29) is 17.7 Å². The van der Waals surface area contributed by atoms with Crippen LogP contribution in [0.2, 0.25) is 0 Å². The minimum absolute atomic E-state index is 0.0536. The Morgan fingerprint density at radius 3 is 2.29 bits per heavy atom. The van der Waals surface area contributed by atoms with Crippen LogP contribution in [0.3, 0.4) is 0 Å². The second kappa shape index (κ2) is 5.33. The third-order valence-electron chi connectivity index (χ3n) is 2.60. The van der Waals surface area contributed by atoms with Gasteiger partial charge >= 0.3 is 0 Å². The number of nitriles is 1. The predicted molar refractivity (Wildman–Crippen MR) is 57.8 cm³/mol. The second-order valence-corrected chi connectivity index (χ2v) is 4.74. The number of nitrogens with zero attached hydrogens (tertiary/aromatic N) is 1. The van der Waals surface area contributed by atoms with Crippen LogP contribution in [0.4, 0.5) is 0 Å². The van der Waals surface area contributed by atoms with Crippen molar-refractivity contribution in [1.29, 1.82) is 5.26 Å². The quantitative estimate of drug-likeness (QED) is 0.684. The average molecular weight is 198 g/mol. The molecular weight excluding hydrogens is 176 g/mol. The summed E-state index contributed by atoms with van der Waals surface area (Å²) in [7, 11) is 0. The Balaban J connectivity index is 4.32. The molecule has 82 valence electrons. The van der Waals surface area contributed by atoms with Gasteiger partial charge < -0.3 is 10.4 Å². The van der Waals surface area contributed by atoms with Crippen LogP contribution in [0, 0.1) is 11.3 Å². The molecule has 0 bridgehead atoms. The highest BCUT2D eigenvalue weighted by molar-refractivity contribution is 4.92. The molecule has 0 radical (unpaired) electrons. The maximum atomic E-state index is 9.15. The molecule has 0 aromatic rings. The third-order valence-corrected chi connectivity index (χ3v) is 2.60. The van der Waals surface area contributed by atoms with E-state index in [4.69, 9.17) is 10.4 Å². The first-order chi connectivity index (χ1) is 6.39. The molecule has 1 unspecified atom stereocenters. The van der Waals surface area contributed by atoms with Gasteiger partial charge in [0.2, 0.25) is 0 Å². The van der Waals surface area contributed by atoms with Crippen molar-refractivity contribution in [1.82, 2.24) is 5.32 Å². The van der Waals surface area contributed by atoms with Gasteiger partial charge in [0.25, 0.3) is 0 Å². The second-order valence-electron chi connectivity index (χ2n) is 4.74. The van der Waals surface area contributed by atoms with Gasteiger partial charge in [0.1, 0.15) is 0 Å². The van der Waals surface area contributed by atoms with Gasteiger partial charge in [-0.3, -0.25) is 0 Å². The lowest BCUT2D eigenvalue weighted by atomic mass is 9.89. The van der Waals surface area contributed by atoms with Crippen molar-refractivity contribution in [2.45, 2.75) is 58.0 Å². The lowest BCUT2D eigenvalue weighted by Gasteiger charge is -2.38. The Morgan fingerprint density at radius 1 is 1.36 bits per heavy atom. The fourth-order valence-corrected chi connectivity index (χ4v) is 1.52. The number of rotatable bonds is 6. The maximum Gasteiger partial charge on any atom is 0.0622 e. The van der Waals surface area contributed by atoms with Gasteiger partial charge in [-0.05, 0) is 33.6 Å². The zero-order valence-corrected chi connectivity index (χ0v) is 9.72.